The van der Waals surface area contributed by atoms with Crippen LogP contribution >= 0.6 is 23.2 Å². The van der Waals surface area contributed by atoms with Gasteiger partial charge in [0.15, 0.2) is 9.75 Å². The lowest BCUT2D eigenvalue weighted by molar-refractivity contribution is -0.138. The van der Waals surface area contributed by atoms with Gasteiger partial charge in [0.05, 0.1) is 36.0 Å². The zero-order valence-corrected chi connectivity index (χ0v) is 28.6. The maximum absolute atomic E-state index is 14.3. The van der Waals surface area contributed by atoms with Gasteiger partial charge < -0.3 is 14.7 Å². The number of likely N-dealkylation sites (tertiary alicyclic amines) is 1. The highest BCUT2D eigenvalue weighted by molar-refractivity contribution is 6.53. The van der Waals surface area contributed by atoms with Gasteiger partial charge in [-0.3, -0.25) is 29.0 Å². The Hall–Kier alpha value is -4.74. The summed E-state index contributed by atoms with van der Waals surface area (Å²) in [6.07, 6.45) is 1.87. The molecule has 7 rings (SSSR count). The van der Waals surface area contributed by atoms with Crippen LogP contribution < -0.4 is 14.5 Å². The average Bonchev–Trinajstić information content (AvgIpc) is 3.42. The van der Waals surface area contributed by atoms with E-state index in [0.29, 0.717) is 28.4 Å². The molecule has 0 radical (unpaired) electrons. The van der Waals surface area contributed by atoms with Crippen molar-refractivity contribution in [3.8, 4) is 11.5 Å². The number of azo groups is 1. The molecule has 0 aromatic heterocycles. The minimum absolute atomic E-state index is 0.144. The Labute approximate surface area is 292 Å². The largest absolute Gasteiger partial charge is 0.508 e. The molecule has 4 amide bonds. The number of aromatic hydroxyl groups is 1. The number of carbonyl (C=O) groups excluding carboxylic acids is 4. The second-order valence-electron chi connectivity index (χ2n) is 13.1. The van der Waals surface area contributed by atoms with Crippen LogP contribution in [0.15, 0.2) is 88.6 Å². The van der Waals surface area contributed by atoms with Gasteiger partial charge in [0.1, 0.15) is 11.5 Å². The normalized spacial score (nSPS) is 29.2. The number of halogens is 2. The molecular weight excluding hydrogens is 669 g/mol. The van der Waals surface area contributed by atoms with Crippen molar-refractivity contribution in [3.63, 3.8) is 0 Å². The van der Waals surface area contributed by atoms with Crippen LogP contribution in [0, 0.1) is 17.8 Å². The van der Waals surface area contributed by atoms with Crippen LogP contribution in [0.3, 0.4) is 0 Å². The molecule has 6 atom stereocenters. The quantitative estimate of drug-likeness (QED) is 0.143. The summed E-state index contributed by atoms with van der Waals surface area (Å²) in [5.74, 6) is -5.42. The molecule has 0 bridgehead atoms. The van der Waals surface area contributed by atoms with Crippen molar-refractivity contribution in [1.82, 2.24) is 4.90 Å². The molecule has 0 spiro atoms. The number of methoxy groups -OCH3 is 1. The number of alkyl halides is 2. The van der Waals surface area contributed by atoms with Crippen LogP contribution in [0.4, 0.5) is 22.7 Å². The summed E-state index contributed by atoms with van der Waals surface area (Å²) in [6.45, 7) is 0. The van der Waals surface area contributed by atoms with Crippen molar-refractivity contribution in [1.29, 1.82) is 0 Å². The van der Waals surface area contributed by atoms with Gasteiger partial charge in [0.25, 0.3) is 11.8 Å². The number of amides is 4. The maximum Gasteiger partial charge on any atom is 0.253 e. The molecule has 49 heavy (non-hydrogen) atoms. The third-order valence-corrected chi connectivity index (χ3v) is 11.7. The van der Waals surface area contributed by atoms with E-state index in [2.05, 4.69) is 10.2 Å². The molecule has 1 N–H and O–H groups in total. The lowest BCUT2D eigenvalue weighted by Gasteiger charge is -2.50. The summed E-state index contributed by atoms with van der Waals surface area (Å²) in [6, 6.07) is 18.8. The molecule has 2 heterocycles. The molecule has 0 unspecified atom stereocenters. The van der Waals surface area contributed by atoms with Crippen molar-refractivity contribution in [2.45, 2.75) is 28.5 Å². The molecule has 13 heteroatoms. The second kappa shape index (κ2) is 11.7. The molecule has 252 valence electrons. The van der Waals surface area contributed by atoms with Crippen LogP contribution in [0.25, 0.3) is 0 Å². The topological polar surface area (TPSA) is 132 Å². The number of imide groups is 2. The molecule has 4 aliphatic rings. The van der Waals surface area contributed by atoms with E-state index in [1.54, 1.807) is 36.4 Å². The van der Waals surface area contributed by atoms with E-state index in [4.69, 9.17) is 27.9 Å². The Morgan fingerprint density at radius 3 is 2.10 bits per heavy atom. The standard InChI is InChI=1S/C36H33Cl2N5O6/c1-41(2)21-9-5-19(6-10-21)39-40-20-7-11-22(12-8-20)43-31(45)26-16-15-24-27(29(26)32(43)46)18-35(37)33(47)42(3)34(48)36(35,38)30(24)25-14-13-23(49-4)17-28(25)44/h5-15,17,26-27,29-30,44H,16,18H2,1-4H3/t26-,27+,29-,30+,35+,36-/m0/s1. The number of hydrogen-bond acceptors (Lipinski definition) is 9. The number of phenols is 1. The van der Waals surface area contributed by atoms with Gasteiger partial charge in [-0.1, -0.05) is 17.7 Å². The molecule has 3 aromatic carbocycles. The first kappa shape index (κ1) is 32.8. The number of benzene rings is 3. The summed E-state index contributed by atoms with van der Waals surface area (Å²) in [5.41, 5.74) is 3.46. The molecule has 1 saturated carbocycles. The van der Waals surface area contributed by atoms with Gasteiger partial charge >= 0.3 is 0 Å². The van der Waals surface area contributed by atoms with E-state index in [9.17, 15) is 24.3 Å². The number of fused-ring (bicyclic) bond motifs is 4. The minimum Gasteiger partial charge on any atom is -0.508 e. The first-order valence-electron chi connectivity index (χ1n) is 15.8. The highest BCUT2D eigenvalue weighted by Gasteiger charge is 2.76. The zero-order valence-electron chi connectivity index (χ0n) is 27.1. The van der Waals surface area contributed by atoms with Crippen molar-refractivity contribution < 1.29 is 29.0 Å². The number of allylic oxidation sites excluding steroid dienone is 2. The van der Waals surface area contributed by atoms with Gasteiger partial charge in [-0.15, -0.1) is 23.2 Å². The van der Waals surface area contributed by atoms with Gasteiger partial charge in [0.2, 0.25) is 11.8 Å². The van der Waals surface area contributed by atoms with Gasteiger partial charge in [-0.05, 0) is 73.4 Å². The predicted molar refractivity (Wildman–Crippen MR) is 184 cm³/mol. The van der Waals surface area contributed by atoms with Crippen LogP contribution in [0.2, 0.25) is 0 Å². The van der Waals surface area contributed by atoms with Gasteiger partial charge in [-0.2, -0.15) is 10.2 Å². The van der Waals surface area contributed by atoms with Crippen molar-refractivity contribution in [2.24, 2.45) is 28.0 Å². The number of carbonyl (C=O) groups is 4. The zero-order chi connectivity index (χ0) is 35.0. The molecule has 2 aliphatic carbocycles. The smallest absolute Gasteiger partial charge is 0.253 e. The summed E-state index contributed by atoms with van der Waals surface area (Å²) in [5, 5.41) is 19.8. The Balaban J connectivity index is 1.22. The van der Waals surface area contributed by atoms with E-state index in [-0.39, 0.29) is 30.1 Å². The van der Waals surface area contributed by atoms with Crippen LogP contribution in [-0.2, 0) is 19.2 Å². The van der Waals surface area contributed by atoms with E-state index in [0.717, 1.165) is 10.6 Å². The van der Waals surface area contributed by atoms with Crippen molar-refractivity contribution in [3.05, 3.63) is 83.9 Å². The van der Waals surface area contributed by atoms with E-state index >= 15 is 0 Å². The van der Waals surface area contributed by atoms with Crippen molar-refractivity contribution >= 4 is 69.6 Å². The summed E-state index contributed by atoms with van der Waals surface area (Å²) in [4.78, 5) is 55.7. The predicted octanol–water partition coefficient (Wildman–Crippen LogP) is 6.08. The summed E-state index contributed by atoms with van der Waals surface area (Å²) < 4.78 is 5.26. The monoisotopic (exact) mass is 701 g/mol. The van der Waals surface area contributed by atoms with Gasteiger partial charge in [0, 0.05) is 44.4 Å². The first-order chi connectivity index (χ1) is 23.3. The Kier molecular flexibility index (Phi) is 7.83. The van der Waals surface area contributed by atoms with E-state index in [1.165, 1.54) is 25.1 Å². The van der Waals surface area contributed by atoms with Gasteiger partial charge in [-0.25, -0.2) is 0 Å². The van der Waals surface area contributed by atoms with Crippen LogP contribution in [0.5, 0.6) is 11.5 Å². The third-order valence-electron chi connectivity index (χ3n) is 10.3. The number of hydrogen-bond donors (Lipinski definition) is 1. The van der Waals surface area contributed by atoms with E-state index in [1.807, 2.05) is 49.3 Å². The fourth-order valence-corrected chi connectivity index (χ4v) is 8.85. The highest BCUT2D eigenvalue weighted by Crippen LogP contribution is 2.66. The van der Waals surface area contributed by atoms with Crippen LogP contribution in [-0.4, -0.2) is 71.6 Å². The second-order valence-corrected chi connectivity index (χ2v) is 14.3. The lowest BCUT2D eigenvalue weighted by atomic mass is 9.56. The summed E-state index contributed by atoms with van der Waals surface area (Å²) >= 11 is 14.4. The average molecular weight is 703 g/mol. The minimum atomic E-state index is -1.99. The SMILES string of the molecule is COc1ccc([C@H]2C3=CC[C@@H]4C(=O)N(c5ccc(N=Nc6ccc(N(C)C)cc6)cc5)C(=O)[C@@H]4[C@@H]3C[C@@]3(Cl)C(=O)N(C)C(=O)[C@@]23Cl)c(O)c1. The molecule has 2 aliphatic heterocycles. The molecule has 2 saturated heterocycles. The fraction of sp³-hybridized carbons (Fsp3) is 0.333. The molecular formula is C36H33Cl2N5O6. The Morgan fingerprint density at radius 1 is 0.878 bits per heavy atom. The number of rotatable bonds is 6. The van der Waals surface area contributed by atoms with Crippen LogP contribution in [0.1, 0.15) is 24.3 Å². The Bertz CT molecular complexity index is 1960. The maximum atomic E-state index is 14.3. The number of nitrogens with zero attached hydrogens (tertiary/aromatic N) is 5. The van der Waals surface area contributed by atoms with Crippen molar-refractivity contribution in [2.75, 3.05) is 38.1 Å². The third kappa shape index (κ3) is 4.77. The lowest BCUT2D eigenvalue weighted by Crippen LogP contribution is -2.60. The first-order valence-corrected chi connectivity index (χ1v) is 16.5. The molecule has 3 aromatic rings. The highest BCUT2D eigenvalue weighted by atomic mass is 35.5. The number of phenolic OH excluding ortho intramolecular Hbond substituents is 1. The molecule has 11 nitrogen and oxygen atoms in total. The van der Waals surface area contributed by atoms with E-state index < -0.39 is 51.1 Å². The number of anilines is 2. The summed E-state index contributed by atoms with van der Waals surface area (Å²) in [7, 11) is 6.68. The fourth-order valence-electron chi connectivity index (χ4n) is 7.84. The molecule has 3 fully saturated rings. The Morgan fingerprint density at radius 2 is 1.51 bits per heavy atom. The number of ether oxygens (including phenoxy) is 1.